The van der Waals surface area contributed by atoms with Gasteiger partial charge in [-0.1, -0.05) is 61.5 Å². The highest BCUT2D eigenvalue weighted by molar-refractivity contribution is 7.16. The summed E-state index contributed by atoms with van der Waals surface area (Å²) < 4.78 is 38.7. The number of fused-ring (bicyclic) bond motifs is 1. The highest BCUT2D eigenvalue weighted by Gasteiger charge is 2.40. The topological polar surface area (TPSA) is 146 Å². The number of carbonyl (C=O) groups is 3. The fraction of sp³-hybridized carbons (Fsp3) is 0.455. The number of hydrogen-bond acceptors (Lipinski definition) is 6. The number of hydrogen-bond donors (Lipinski definition) is 4. The van der Waals surface area contributed by atoms with Crippen LogP contribution in [0, 0.1) is 11.8 Å². The Labute approximate surface area is 270 Å². The lowest BCUT2D eigenvalue weighted by molar-refractivity contribution is -0.139. The van der Waals surface area contributed by atoms with Crippen LogP contribution in [0.2, 0.25) is 0 Å². The molecule has 1 saturated carbocycles. The Hall–Kier alpha value is -4.13. The number of carbonyl (C=O) groups excluding carboxylic acids is 2. The Balaban J connectivity index is 0.000000243. The van der Waals surface area contributed by atoms with Gasteiger partial charge >= 0.3 is 17.0 Å². The summed E-state index contributed by atoms with van der Waals surface area (Å²) in [5, 5.41) is 11.4. The summed E-state index contributed by atoms with van der Waals surface area (Å²) in [6.45, 7) is 4.91. The van der Waals surface area contributed by atoms with E-state index >= 15 is 0 Å². The molecule has 0 bridgehead atoms. The van der Waals surface area contributed by atoms with Crippen molar-refractivity contribution in [1.29, 1.82) is 0 Å². The Morgan fingerprint density at radius 3 is 2.48 bits per heavy atom. The number of aromatic nitrogens is 1. The monoisotopic (exact) mass is 664 g/mol. The number of allylic oxidation sites excluding steroid dienone is 2. The van der Waals surface area contributed by atoms with Gasteiger partial charge in [-0.15, -0.1) is 0 Å². The van der Waals surface area contributed by atoms with Crippen LogP contribution in [-0.2, 0) is 20.6 Å². The molecular weight excluding hydrogens is 621 g/mol. The number of likely N-dealkylation sites (tertiary alicyclic amines) is 1. The average molecular weight is 665 g/mol. The van der Waals surface area contributed by atoms with Gasteiger partial charge in [0.05, 0.1) is 28.2 Å². The van der Waals surface area contributed by atoms with Crippen molar-refractivity contribution >= 4 is 45.5 Å². The van der Waals surface area contributed by atoms with Crippen LogP contribution in [0.3, 0.4) is 0 Å². The number of benzene rings is 2. The molecule has 46 heavy (non-hydrogen) atoms. The SMILES string of the molecule is CC1CCCN1C(=O)CNc1cccc(C(F)(F)F)c1.CCCCC/C=C\C1C[C@@H]1C(=O)O.NC=O.O=c1[nH]c2ccccc2s1. The van der Waals surface area contributed by atoms with E-state index < -0.39 is 17.7 Å². The first-order valence-electron chi connectivity index (χ1n) is 15.2. The third kappa shape index (κ3) is 13.5. The number of aromatic amines is 1. The van der Waals surface area contributed by atoms with E-state index in [0.717, 1.165) is 54.6 Å². The second-order valence-corrected chi connectivity index (χ2v) is 11.9. The van der Waals surface area contributed by atoms with Crippen molar-refractivity contribution in [3.8, 4) is 0 Å². The van der Waals surface area contributed by atoms with Crippen LogP contribution in [0.1, 0.15) is 64.4 Å². The molecule has 2 fully saturated rings. The molecule has 3 aromatic rings. The number of para-hydroxylation sites is 1. The summed E-state index contributed by atoms with van der Waals surface area (Å²) >= 11 is 1.24. The maximum atomic E-state index is 12.6. The zero-order chi connectivity index (χ0) is 34.1. The number of carboxylic acid groups (broad SMARTS) is 1. The van der Waals surface area contributed by atoms with E-state index in [1.807, 2.05) is 31.2 Å². The zero-order valence-corrected chi connectivity index (χ0v) is 26.9. The predicted molar refractivity (Wildman–Crippen MR) is 176 cm³/mol. The quantitative estimate of drug-likeness (QED) is 0.114. The number of H-pyrrole nitrogens is 1. The molecule has 2 aliphatic rings. The minimum Gasteiger partial charge on any atom is -0.481 e. The van der Waals surface area contributed by atoms with E-state index in [1.165, 1.54) is 42.7 Å². The normalized spacial score (nSPS) is 18.4. The van der Waals surface area contributed by atoms with Gasteiger partial charge < -0.3 is 26.0 Å². The predicted octanol–water partition coefficient (Wildman–Crippen LogP) is 6.66. The maximum Gasteiger partial charge on any atom is 0.416 e. The molecule has 5 N–H and O–H groups in total. The molecule has 2 unspecified atom stereocenters. The summed E-state index contributed by atoms with van der Waals surface area (Å²) in [5.41, 5.74) is 4.68. The van der Waals surface area contributed by atoms with Gasteiger partial charge in [0.15, 0.2) is 0 Å². The van der Waals surface area contributed by atoms with E-state index in [2.05, 4.69) is 35.1 Å². The first kappa shape index (κ1) is 38.1. The van der Waals surface area contributed by atoms with Gasteiger partial charge in [-0.25, -0.2) is 0 Å². The number of rotatable bonds is 9. The number of alkyl halides is 3. The van der Waals surface area contributed by atoms with Crippen LogP contribution < -0.4 is 15.9 Å². The van der Waals surface area contributed by atoms with Crippen LogP contribution in [0.5, 0.6) is 0 Å². The number of carboxylic acids is 1. The summed E-state index contributed by atoms with van der Waals surface area (Å²) in [6.07, 6.45) is 7.77. The smallest absolute Gasteiger partial charge is 0.416 e. The number of unbranched alkanes of at least 4 members (excludes halogenated alkanes) is 3. The Morgan fingerprint density at radius 1 is 1.17 bits per heavy atom. The molecule has 3 atom stereocenters. The Morgan fingerprint density at radius 2 is 1.89 bits per heavy atom. The molecule has 1 saturated heterocycles. The van der Waals surface area contributed by atoms with Crippen LogP contribution in [0.15, 0.2) is 65.5 Å². The number of thiazole rings is 1. The molecule has 252 valence electrons. The second kappa shape index (κ2) is 19.4. The lowest BCUT2D eigenvalue weighted by Gasteiger charge is -2.21. The van der Waals surface area contributed by atoms with Gasteiger partial charge in [0, 0.05) is 18.3 Å². The molecule has 13 heteroatoms. The van der Waals surface area contributed by atoms with Gasteiger partial charge in [0.25, 0.3) is 0 Å². The van der Waals surface area contributed by atoms with Crippen LogP contribution in [0.4, 0.5) is 18.9 Å². The Kier molecular flexibility index (Phi) is 16.0. The number of primary amides is 1. The van der Waals surface area contributed by atoms with E-state index in [0.29, 0.717) is 11.6 Å². The van der Waals surface area contributed by atoms with Gasteiger partial charge in [-0.05, 0) is 75.3 Å². The minimum atomic E-state index is -4.37. The maximum absolute atomic E-state index is 12.6. The summed E-state index contributed by atoms with van der Waals surface area (Å²) in [6, 6.07) is 12.7. The van der Waals surface area contributed by atoms with Gasteiger partial charge in [-0.3, -0.25) is 19.2 Å². The summed E-state index contributed by atoms with van der Waals surface area (Å²) in [4.78, 5) is 46.3. The standard InChI is InChI=1S/C14H17F3N2O.C11H18O2.C7H5NOS.CH3NO/c1-10-4-3-7-19(10)13(20)9-18-12-6-2-5-11(8-12)14(15,16)17;1-2-3-4-5-6-7-9-8-10(9)11(12)13;9-7-8-5-3-1-2-4-6(5)10-7;2-1-3/h2,5-6,8,10,18H,3-4,7,9H2,1H3;6-7,9-10H,2-5,8H2,1H3,(H,12,13);1-4H,(H,8,9);1H,(H2,2,3)/b;7-6-;;/t;9?,10-;;/m.0../s1. The van der Waals surface area contributed by atoms with Crippen molar-refractivity contribution < 1.29 is 32.7 Å². The van der Waals surface area contributed by atoms with Crippen LogP contribution >= 0.6 is 11.3 Å². The summed E-state index contributed by atoms with van der Waals surface area (Å²) in [7, 11) is 0. The number of halogens is 3. The molecule has 2 aromatic carbocycles. The number of amides is 2. The number of nitrogens with one attached hydrogen (secondary N) is 2. The third-order valence-electron chi connectivity index (χ3n) is 7.35. The third-order valence-corrected chi connectivity index (χ3v) is 8.21. The van der Waals surface area contributed by atoms with Gasteiger partial charge in [0.1, 0.15) is 0 Å². The fourth-order valence-electron chi connectivity index (χ4n) is 4.78. The molecule has 2 amide bonds. The number of anilines is 1. The summed E-state index contributed by atoms with van der Waals surface area (Å²) in [5.74, 6) is -0.461. The lowest BCUT2D eigenvalue weighted by atomic mass is 10.2. The van der Waals surface area contributed by atoms with E-state index in [4.69, 9.17) is 9.90 Å². The fourth-order valence-corrected chi connectivity index (χ4v) is 5.51. The largest absolute Gasteiger partial charge is 0.481 e. The van der Waals surface area contributed by atoms with Crippen LogP contribution in [0.25, 0.3) is 10.2 Å². The molecule has 0 radical (unpaired) electrons. The zero-order valence-electron chi connectivity index (χ0n) is 26.1. The molecule has 5 rings (SSSR count). The first-order valence-corrected chi connectivity index (χ1v) is 16.1. The number of aliphatic carboxylic acids is 1. The highest BCUT2D eigenvalue weighted by Crippen LogP contribution is 2.39. The molecule has 9 nitrogen and oxygen atoms in total. The Bertz CT molecular complexity index is 1440. The van der Waals surface area contributed by atoms with E-state index in [1.54, 1.807) is 4.90 Å². The van der Waals surface area contributed by atoms with Crippen molar-refractivity contribution in [2.75, 3.05) is 18.4 Å². The average Bonchev–Trinajstić information content (AvgIpc) is 3.51. The first-order chi connectivity index (χ1) is 21.9. The van der Waals surface area contributed by atoms with Crippen molar-refractivity contribution in [2.24, 2.45) is 17.6 Å². The number of nitrogens with zero attached hydrogens (tertiary/aromatic N) is 1. The van der Waals surface area contributed by atoms with E-state index in [-0.39, 0.29) is 35.7 Å². The molecule has 2 heterocycles. The van der Waals surface area contributed by atoms with E-state index in [9.17, 15) is 27.6 Å². The molecule has 1 aromatic heterocycles. The van der Waals surface area contributed by atoms with Gasteiger partial charge in [-0.2, -0.15) is 13.2 Å². The molecule has 1 aliphatic heterocycles. The van der Waals surface area contributed by atoms with Crippen molar-refractivity contribution in [1.82, 2.24) is 9.88 Å². The second-order valence-electron chi connectivity index (χ2n) is 10.9. The lowest BCUT2D eigenvalue weighted by Crippen LogP contribution is -2.37. The molecule has 1 aliphatic carbocycles. The molecule has 0 spiro atoms. The molecular formula is C33H43F3N4O5S. The number of nitrogens with two attached hydrogens (primary N) is 1. The van der Waals surface area contributed by atoms with Crippen LogP contribution in [-0.4, -0.2) is 52.4 Å². The van der Waals surface area contributed by atoms with Crippen molar-refractivity contribution in [3.63, 3.8) is 0 Å². The minimum absolute atomic E-state index is 0.0150. The van der Waals surface area contributed by atoms with Crippen molar-refractivity contribution in [3.05, 3.63) is 75.9 Å². The van der Waals surface area contributed by atoms with Crippen molar-refractivity contribution in [2.45, 2.75) is 71.0 Å². The van der Waals surface area contributed by atoms with Gasteiger partial charge in [0.2, 0.25) is 12.3 Å². The highest BCUT2D eigenvalue weighted by atomic mass is 32.1.